The highest BCUT2D eigenvalue weighted by molar-refractivity contribution is 5.65. The molecule has 0 saturated carbocycles. The van der Waals surface area contributed by atoms with Crippen LogP contribution in [0.4, 0.5) is 0 Å². The second-order valence-electron chi connectivity index (χ2n) is 7.32. The molecule has 6 rings (SSSR count). The highest BCUT2D eigenvalue weighted by Crippen LogP contribution is 2.60. The molecule has 1 aliphatic heterocycles. The molecule has 126 valence electrons. The Labute approximate surface area is 156 Å². The Balaban J connectivity index is 1.84. The van der Waals surface area contributed by atoms with Gasteiger partial charge in [0, 0.05) is 11.8 Å². The molecule has 2 atom stereocenters. The molecule has 27 heavy (non-hydrogen) atoms. The summed E-state index contributed by atoms with van der Waals surface area (Å²) in [5.41, 5.74) is 5.77. The standard InChI is InChI=1S/C22H12N4O/c23-5-11-1-15-16(2-12(11)6-24)22-18-4-14(8-26)13(7-25)3-17(18)21(15)19-9-27-10-20(19)22/h1-4,19-22H,9-10H2/t19-,20+,21?,22?. The Morgan fingerprint density at radius 3 is 1.15 bits per heavy atom. The van der Waals surface area contributed by atoms with Crippen LogP contribution in [0, 0.1) is 57.2 Å². The summed E-state index contributed by atoms with van der Waals surface area (Å²) in [5, 5.41) is 37.8. The van der Waals surface area contributed by atoms with E-state index in [0.29, 0.717) is 35.5 Å². The highest BCUT2D eigenvalue weighted by Gasteiger charge is 2.52. The predicted molar refractivity (Wildman–Crippen MR) is 93.2 cm³/mol. The molecular weight excluding hydrogens is 336 g/mol. The Morgan fingerprint density at radius 2 is 0.889 bits per heavy atom. The summed E-state index contributed by atoms with van der Waals surface area (Å²) >= 11 is 0. The van der Waals surface area contributed by atoms with Crippen LogP contribution in [0.2, 0.25) is 0 Å². The monoisotopic (exact) mass is 348 g/mol. The molecule has 2 aromatic carbocycles. The van der Waals surface area contributed by atoms with Crippen molar-refractivity contribution < 1.29 is 4.74 Å². The summed E-state index contributed by atoms with van der Waals surface area (Å²) in [7, 11) is 0. The van der Waals surface area contributed by atoms with Gasteiger partial charge in [-0.15, -0.1) is 0 Å². The van der Waals surface area contributed by atoms with Crippen molar-refractivity contribution >= 4 is 0 Å². The van der Waals surface area contributed by atoms with E-state index in [-0.39, 0.29) is 23.7 Å². The van der Waals surface area contributed by atoms with E-state index in [9.17, 15) is 21.0 Å². The maximum Gasteiger partial charge on any atom is 0.101 e. The molecule has 2 aromatic rings. The molecule has 0 radical (unpaired) electrons. The van der Waals surface area contributed by atoms with Crippen LogP contribution in [-0.4, -0.2) is 13.2 Å². The molecule has 5 heteroatoms. The van der Waals surface area contributed by atoms with E-state index in [0.717, 1.165) is 22.3 Å². The Morgan fingerprint density at radius 1 is 0.593 bits per heavy atom. The third-order valence-electron chi connectivity index (χ3n) is 6.30. The molecule has 1 saturated heterocycles. The molecule has 0 unspecified atom stereocenters. The largest absolute Gasteiger partial charge is 0.381 e. The van der Waals surface area contributed by atoms with Gasteiger partial charge < -0.3 is 4.74 Å². The normalized spacial score (nSPS) is 25.9. The van der Waals surface area contributed by atoms with Crippen molar-refractivity contribution in [2.75, 3.05) is 13.2 Å². The van der Waals surface area contributed by atoms with Crippen molar-refractivity contribution in [1.29, 1.82) is 21.0 Å². The van der Waals surface area contributed by atoms with Gasteiger partial charge in [-0.1, -0.05) is 0 Å². The number of ether oxygens (including phenoxy) is 1. The topological polar surface area (TPSA) is 104 Å². The van der Waals surface area contributed by atoms with Gasteiger partial charge in [0.15, 0.2) is 0 Å². The molecule has 0 N–H and O–H groups in total. The van der Waals surface area contributed by atoms with Gasteiger partial charge in [0.2, 0.25) is 0 Å². The lowest BCUT2D eigenvalue weighted by atomic mass is 9.54. The lowest BCUT2D eigenvalue weighted by molar-refractivity contribution is 0.179. The Bertz CT molecular complexity index is 1010. The van der Waals surface area contributed by atoms with Gasteiger partial charge in [-0.25, -0.2) is 0 Å². The van der Waals surface area contributed by atoms with Crippen LogP contribution >= 0.6 is 0 Å². The first kappa shape index (κ1) is 15.6. The maximum atomic E-state index is 9.45. The van der Waals surface area contributed by atoms with Crippen molar-refractivity contribution in [1.82, 2.24) is 0 Å². The number of nitriles is 4. The van der Waals surface area contributed by atoms with Crippen LogP contribution in [0.1, 0.15) is 56.3 Å². The number of hydrogen-bond acceptors (Lipinski definition) is 5. The van der Waals surface area contributed by atoms with Gasteiger partial charge in [0.1, 0.15) is 24.3 Å². The fraction of sp³-hybridized carbons (Fsp3) is 0.273. The van der Waals surface area contributed by atoms with E-state index in [4.69, 9.17) is 4.74 Å². The van der Waals surface area contributed by atoms with Crippen LogP contribution in [0.25, 0.3) is 0 Å². The zero-order valence-corrected chi connectivity index (χ0v) is 14.2. The molecule has 0 spiro atoms. The van der Waals surface area contributed by atoms with Crippen molar-refractivity contribution in [3.8, 4) is 24.3 Å². The average Bonchev–Trinajstić information content (AvgIpc) is 3.21. The minimum Gasteiger partial charge on any atom is -0.381 e. The summed E-state index contributed by atoms with van der Waals surface area (Å²) in [6.07, 6.45) is 0. The number of hydrogen-bond donors (Lipinski definition) is 0. The summed E-state index contributed by atoms with van der Waals surface area (Å²) in [6.45, 7) is 1.29. The molecule has 2 bridgehead atoms. The van der Waals surface area contributed by atoms with Crippen molar-refractivity contribution in [3.63, 3.8) is 0 Å². The van der Waals surface area contributed by atoms with Crippen LogP contribution in [-0.2, 0) is 4.74 Å². The number of benzene rings is 2. The molecule has 0 aromatic heterocycles. The molecular formula is C22H12N4O. The maximum absolute atomic E-state index is 9.45. The predicted octanol–water partition coefficient (Wildman–Crippen LogP) is 3.03. The second-order valence-corrected chi connectivity index (χ2v) is 7.32. The molecule has 3 aliphatic carbocycles. The van der Waals surface area contributed by atoms with Gasteiger partial charge in [0.25, 0.3) is 0 Å². The minimum atomic E-state index is 0.0205. The van der Waals surface area contributed by atoms with Crippen LogP contribution in [0.5, 0.6) is 0 Å². The SMILES string of the molecule is N#Cc1cc2c(cc1C#N)C1c3cc(C#N)c(C#N)cc3C2[C@H]2COC[C@@H]12. The molecule has 5 nitrogen and oxygen atoms in total. The van der Waals surface area contributed by atoms with E-state index >= 15 is 0 Å². The first-order valence-corrected chi connectivity index (χ1v) is 8.75. The lowest BCUT2D eigenvalue weighted by Crippen LogP contribution is -2.39. The van der Waals surface area contributed by atoms with Gasteiger partial charge in [-0.2, -0.15) is 21.0 Å². The molecule has 1 fully saturated rings. The number of rotatable bonds is 0. The van der Waals surface area contributed by atoms with Crippen molar-refractivity contribution in [2.45, 2.75) is 11.8 Å². The van der Waals surface area contributed by atoms with Gasteiger partial charge in [0.05, 0.1) is 35.5 Å². The van der Waals surface area contributed by atoms with E-state index in [1.54, 1.807) is 0 Å². The summed E-state index contributed by atoms with van der Waals surface area (Å²) in [5.74, 6) is 0.613. The Hall–Kier alpha value is -3.64. The highest BCUT2D eigenvalue weighted by atomic mass is 16.5. The van der Waals surface area contributed by atoms with Crippen molar-refractivity contribution in [3.05, 3.63) is 68.8 Å². The zero-order chi connectivity index (χ0) is 18.7. The van der Waals surface area contributed by atoms with Crippen LogP contribution < -0.4 is 0 Å². The zero-order valence-electron chi connectivity index (χ0n) is 14.2. The van der Waals surface area contributed by atoms with Gasteiger partial charge in [-0.3, -0.25) is 0 Å². The Kier molecular flexibility index (Phi) is 3.14. The molecule has 4 aliphatic rings. The smallest absolute Gasteiger partial charge is 0.101 e. The van der Waals surface area contributed by atoms with Crippen LogP contribution in [0.15, 0.2) is 24.3 Å². The van der Waals surface area contributed by atoms with Crippen LogP contribution in [0.3, 0.4) is 0 Å². The second kappa shape index (κ2) is 5.43. The van der Waals surface area contributed by atoms with Gasteiger partial charge in [-0.05, 0) is 58.4 Å². The first-order valence-electron chi connectivity index (χ1n) is 8.75. The van der Waals surface area contributed by atoms with Crippen molar-refractivity contribution in [2.24, 2.45) is 11.8 Å². The minimum absolute atomic E-state index is 0.0205. The quantitative estimate of drug-likeness (QED) is 0.728. The summed E-state index contributed by atoms with van der Waals surface area (Å²) in [4.78, 5) is 0. The van der Waals surface area contributed by atoms with E-state index in [1.807, 2.05) is 24.3 Å². The fourth-order valence-corrected chi connectivity index (χ4v) is 5.25. The number of nitrogens with zero attached hydrogens (tertiary/aromatic N) is 4. The third kappa shape index (κ3) is 1.87. The van der Waals surface area contributed by atoms with E-state index in [2.05, 4.69) is 24.3 Å². The fourth-order valence-electron chi connectivity index (χ4n) is 5.25. The van der Waals surface area contributed by atoms with Gasteiger partial charge >= 0.3 is 0 Å². The van der Waals surface area contributed by atoms with E-state index < -0.39 is 0 Å². The first-order chi connectivity index (χ1) is 13.2. The molecule has 0 amide bonds. The third-order valence-corrected chi connectivity index (χ3v) is 6.30. The average molecular weight is 348 g/mol. The molecule has 1 heterocycles. The summed E-state index contributed by atoms with van der Waals surface area (Å²) in [6, 6.07) is 15.9. The summed E-state index contributed by atoms with van der Waals surface area (Å²) < 4.78 is 5.80. The van der Waals surface area contributed by atoms with E-state index in [1.165, 1.54) is 0 Å². The lowest BCUT2D eigenvalue weighted by Gasteiger charge is -2.47.